The zero-order valence-corrected chi connectivity index (χ0v) is 19.4. The maximum absolute atomic E-state index is 15.1. The number of rotatable bonds is 6. The van der Waals surface area contributed by atoms with E-state index in [2.05, 4.69) is 24.8 Å². The molecule has 0 atom stereocenters. The summed E-state index contributed by atoms with van der Waals surface area (Å²) in [6.07, 6.45) is 10.7. The first kappa shape index (κ1) is 22.5. The largest absolute Gasteiger partial charge is 0.478 e. The van der Waals surface area contributed by atoms with Crippen molar-refractivity contribution in [1.82, 2.24) is 24.5 Å². The predicted octanol–water partition coefficient (Wildman–Crippen LogP) is 4.51. The van der Waals surface area contributed by atoms with Crippen LogP contribution < -0.4 is 4.90 Å². The highest BCUT2D eigenvalue weighted by Gasteiger charge is 2.27. The third-order valence-corrected chi connectivity index (χ3v) is 7.15. The Morgan fingerprint density at radius 1 is 1.00 bits per heavy atom. The van der Waals surface area contributed by atoms with Crippen molar-refractivity contribution in [3.05, 3.63) is 77.1 Å². The maximum Gasteiger partial charge on any atom is 0.335 e. The topological polar surface area (TPSA) is 97.0 Å². The zero-order valence-electron chi connectivity index (χ0n) is 19.4. The van der Waals surface area contributed by atoms with Gasteiger partial charge in [-0.1, -0.05) is 6.07 Å². The summed E-state index contributed by atoms with van der Waals surface area (Å²) < 4.78 is 31.5. The monoisotopic (exact) mass is 490 g/mol. The number of aromatic nitrogens is 5. The average Bonchev–Trinajstić information content (AvgIpc) is 3.69. The van der Waals surface area contributed by atoms with Gasteiger partial charge in [-0.05, 0) is 54.9 Å². The number of piperidine rings is 1. The van der Waals surface area contributed by atoms with Gasteiger partial charge in [0.25, 0.3) is 0 Å². The summed E-state index contributed by atoms with van der Waals surface area (Å²) in [6.45, 7) is 1.49. The van der Waals surface area contributed by atoms with Crippen LogP contribution in [0.3, 0.4) is 0 Å². The number of anilines is 1. The standard InChI is InChI=1S/C26H24F2N6O2/c27-20-9-17(25(35)36)4-3-16(20)10-22-23-21(28)13-34(24(23)32-14-31-22)19-5-7-33(8-6-19)26-29-11-18(12-30-26)15-1-2-15/h3-4,9,11-15,19H,1-2,5-8,10H2,(H,35,36). The fourth-order valence-electron chi connectivity index (χ4n) is 4.98. The number of carboxylic acids is 1. The number of halogens is 2. The summed E-state index contributed by atoms with van der Waals surface area (Å²) in [7, 11) is 0. The first-order valence-corrected chi connectivity index (χ1v) is 12.1. The van der Waals surface area contributed by atoms with Crippen LogP contribution in [0.1, 0.15) is 64.8 Å². The molecular formula is C26H24F2N6O2. The number of carbonyl (C=O) groups is 1. The fourth-order valence-corrected chi connectivity index (χ4v) is 4.98. The van der Waals surface area contributed by atoms with Crippen LogP contribution >= 0.6 is 0 Å². The summed E-state index contributed by atoms with van der Waals surface area (Å²) in [4.78, 5) is 30.9. The molecule has 1 saturated heterocycles. The van der Waals surface area contributed by atoms with E-state index >= 15 is 4.39 Å². The first-order chi connectivity index (χ1) is 17.5. The Labute approximate surface area is 205 Å². The number of aromatic carboxylic acids is 1. The van der Waals surface area contributed by atoms with Gasteiger partial charge < -0.3 is 14.6 Å². The Morgan fingerprint density at radius 2 is 1.75 bits per heavy atom. The minimum Gasteiger partial charge on any atom is -0.478 e. The molecule has 3 aromatic heterocycles. The lowest BCUT2D eigenvalue weighted by Gasteiger charge is -2.32. The summed E-state index contributed by atoms with van der Waals surface area (Å²) in [5.41, 5.74) is 2.14. The molecule has 4 heterocycles. The number of carboxylic acid groups (broad SMARTS) is 1. The molecule has 1 aromatic carbocycles. The molecule has 0 amide bonds. The second-order valence-electron chi connectivity index (χ2n) is 9.50. The first-order valence-electron chi connectivity index (χ1n) is 12.1. The number of hydrogen-bond donors (Lipinski definition) is 1. The van der Waals surface area contributed by atoms with E-state index in [0.717, 1.165) is 37.9 Å². The third-order valence-electron chi connectivity index (χ3n) is 7.15. The average molecular weight is 491 g/mol. The molecule has 10 heteroatoms. The molecule has 0 spiro atoms. The Morgan fingerprint density at radius 3 is 2.42 bits per heavy atom. The molecular weight excluding hydrogens is 466 g/mol. The minimum absolute atomic E-state index is 0.0261. The van der Waals surface area contributed by atoms with E-state index in [9.17, 15) is 9.18 Å². The molecule has 2 fully saturated rings. The highest BCUT2D eigenvalue weighted by molar-refractivity contribution is 5.87. The Balaban J connectivity index is 1.21. The van der Waals surface area contributed by atoms with Gasteiger partial charge in [0.2, 0.25) is 5.95 Å². The molecule has 1 aliphatic carbocycles. The number of benzene rings is 1. The Bertz CT molecular complexity index is 1440. The van der Waals surface area contributed by atoms with Crippen LogP contribution in [0.4, 0.5) is 14.7 Å². The van der Waals surface area contributed by atoms with E-state index in [0.29, 0.717) is 17.3 Å². The van der Waals surface area contributed by atoms with Gasteiger partial charge in [0.15, 0.2) is 5.82 Å². The van der Waals surface area contributed by atoms with E-state index in [-0.39, 0.29) is 29.0 Å². The van der Waals surface area contributed by atoms with Crippen molar-refractivity contribution in [3.63, 3.8) is 0 Å². The maximum atomic E-state index is 15.1. The molecule has 6 rings (SSSR count). The lowest BCUT2D eigenvalue weighted by Crippen LogP contribution is -2.35. The van der Waals surface area contributed by atoms with Crippen molar-refractivity contribution < 1.29 is 18.7 Å². The molecule has 1 saturated carbocycles. The predicted molar refractivity (Wildman–Crippen MR) is 128 cm³/mol. The van der Waals surface area contributed by atoms with Crippen LogP contribution in [0.25, 0.3) is 11.0 Å². The summed E-state index contributed by atoms with van der Waals surface area (Å²) in [5, 5.41) is 9.32. The number of nitrogens with zero attached hydrogens (tertiary/aromatic N) is 6. The van der Waals surface area contributed by atoms with Gasteiger partial charge >= 0.3 is 5.97 Å². The van der Waals surface area contributed by atoms with Crippen LogP contribution in [0, 0.1) is 11.6 Å². The van der Waals surface area contributed by atoms with Gasteiger partial charge in [0.1, 0.15) is 17.8 Å². The van der Waals surface area contributed by atoms with Crippen molar-refractivity contribution in [2.24, 2.45) is 0 Å². The van der Waals surface area contributed by atoms with Gasteiger partial charge in [-0.3, -0.25) is 0 Å². The highest BCUT2D eigenvalue weighted by Crippen LogP contribution is 2.39. The molecule has 1 N–H and O–H groups in total. The second kappa shape index (κ2) is 8.92. The van der Waals surface area contributed by atoms with E-state index in [4.69, 9.17) is 5.11 Å². The number of hydrogen-bond acceptors (Lipinski definition) is 6. The SMILES string of the molecule is O=C(O)c1ccc(Cc2ncnc3c2c(F)cn3C2CCN(c3ncc(C4CC4)cn3)CC2)c(F)c1. The quantitative estimate of drug-likeness (QED) is 0.425. The van der Waals surface area contributed by atoms with E-state index in [1.165, 1.54) is 43.1 Å². The lowest BCUT2D eigenvalue weighted by atomic mass is 10.0. The molecule has 36 heavy (non-hydrogen) atoms. The zero-order chi connectivity index (χ0) is 24.8. The van der Waals surface area contributed by atoms with Gasteiger partial charge in [-0.15, -0.1) is 0 Å². The van der Waals surface area contributed by atoms with Crippen molar-refractivity contribution in [2.45, 2.75) is 44.1 Å². The Hall–Kier alpha value is -3.95. The Kier molecular flexibility index (Phi) is 5.58. The van der Waals surface area contributed by atoms with E-state index in [1.54, 1.807) is 0 Å². The number of fused-ring (bicyclic) bond motifs is 1. The normalized spacial score (nSPS) is 16.6. The second-order valence-corrected chi connectivity index (χ2v) is 9.50. The molecule has 0 radical (unpaired) electrons. The van der Waals surface area contributed by atoms with Crippen molar-refractivity contribution in [3.8, 4) is 0 Å². The summed E-state index contributed by atoms with van der Waals surface area (Å²) >= 11 is 0. The minimum atomic E-state index is -1.21. The smallest absolute Gasteiger partial charge is 0.335 e. The lowest BCUT2D eigenvalue weighted by molar-refractivity contribution is 0.0696. The molecule has 1 aliphatic heterocycles. The summed E-state index contributed by atoms with van der Waals surface area (Å²) in [6, 6.07) is 3.75. The van der Waals surface area contributed by atoms with E-state index < -0.39 is 17.6 Å². The fraction of sp³-hybridized carbons (Fsp3) is 0.346. The molecule has 184 valence electrons. The van der Waals surface area contributed by atoms with Gasteiger partial charge in [0.05, 0.1) is 16.6 Å². The van der Waals surface area contributed by atoms with Crippen molar-refractivity contribution in [1.29, 1.82) is 0 Å². The molecule has 4 aromatic rings. The molecule has 0 unspecified atom stereocenters. The van der Waals surface area contributed by atoms with Crippen LogP contribution in [-0.4, -0.2) is 48.7 Å². The third kappa shape index (κ3) is 4.16. The van der Waals surface area contributed by atoms with Gasteiger partial charge in [0, 0.05) is 44.1 Å². The molecule has 8 nitrogen and oxygen atoms in total. The van der Waals surface area contributed by atoms with Crippen molar-refractivity contribution >= 4 is 23.0 Å². The van der Waals surface area contributed by atoms with Crippen LogP contribution in [0.15, 0.2) is 43.1 Å². The van der Waals surface area contributed by atoms with Crippen molar-refractivity contribution in [2.75, 3.05) is 18.0 Å². The van der Waals surface area contributed by atoms with Crippen LogP contribution in [-0.2, 0) is 6.42 Å². The van der Waals surface area contributed by atoms with Gasteiger partial charge in [-0.25, -0.2) is 33.5 Å². The van der Waals surface area contributed by atoms with Crippen LogP contribution in [0.2, 0.25) is 0 Å². The molecule has 2 aliphatic rings. The van der Waals surface area contributed by atoms with Gasteiger partial charge in [-0.2, -0.15) is 0 Å². The van der Waals surface area contributed by atoms with E-state index in [1.807, 2.05) is 17.0 Å². The highest BCUT2D eigenvalue weighted by atomic mass is 19.1. The van der Waals surface area contributed by atoms with Crippen LogP contribution in [0.5, 0.6) is 0 Å². The molecule has 0 bridgehead atoms. The summed E-state index contributed by atoms with van der Waals surface area (Å²) in [5.74, 6) is -0.983.